The summed E-state index contributed by atoms with van der Waals surface area (Å²) >= 11 is 0. The van der Waals surface area contributed by atoms with Crippen molar-refractivity contribution in [3.63, 3.8) is 0 Å². The van der Waals surface area contributed by atoms with Crippen LogP contribution < -0.4 is 10.0 Å². The lowest BCUT2D eigenvalue weighted by atomic mass is 10.1. The Morgan fingerprint density at radius 1 is 1.29 bits per heavy atom. The average Bonchev–Trinajstić information content (AvgIpc) is 2.44. The van der Waals surface area contributed by atoms with E-state index in [-0.39, 0.29) is 17.5 Å². The molecular formula is C14H24N2O3S2. The smallest absolute Gasteiger partial charge is 0.240 e. The summed E-state index contributed by atoms with van der Waals surface area (Å²) in [6, 6.07) is 7.00. The van der Waals surface area contributed by atoms with Crippen LogP contribution in [-0.2, 0) is 20.8 Å². The molecule has 0 spiro atoms. The summed E-state index contributed by atoms with van der Waals surface area (Å²) in [6.45, 7) is 5.16. The van der Waals surface area contributed by atoms with Crippen molar-refractivity contribution in [3.05, 3.63) is 29.8 Å². The maximum absolute atomic E-state index is 12.2. The lowest BCUT2D eigenvalue weighted by Gasteiger charge is -2.15. The zero-order valence-corrected chi connectivity index (χ0v) is 14.4. The molecule has 0 heterocycles. The molecule has 21 heavy (non-hydrogen) atoms. The summed E-state index contributed by atoms with van der Waals surface area (Å²) in [7, 11) is -4.55. The molecule has 1 aromatic carbocycles. The normalized spacial score (nSPS) is 14.8. The highest BCUT2D eigenvalue weighted by molar-refractivity contribution is 7.89. The number of sulfonamides is 1. The quantitative estimate of drug-likeness (QED) is 0.717. The first-order valence-electron chi connectivity index (χ1n) is 7.00. The summed E-state index contributed by atoms with van der Waals surface area (Å²) in [6.07, 6.45) is 2.58. The lowest BCUT2D eigenvalue weighted by Crippen LogP contribution is -2.28. The standard InChI is InChI=1S/C14H24N2O3S2/c1-4-8-15-12(2)13-6-5-7-14(11-13)21(18,19)16-9-10-20(3)17/h5-7,11-12,15-16H,4,8-10H2,1-3H3. The molecule has 5 nitrogen and oxygen atoms in total. The Labute approximate surface area is 130 Å². The minimum Gasteiger partial charge on any atom is -0.310 e. The topological polar surface area (TPSA) is 75.3 Å². The predicted molar refractivity (Wildman–Crippen MR) is 87.3 cm³/mol. The third-order valence-corrected chi connectivity index (χ3v) is 5.29. The van der Waals surface area contributed by atoms with E-state index in [0.717, 1.165) is 18.5 Å². The van der Waals surface area contributed by atoms with Crippen LogP contribution in [0.25, 0.3) is 0 Å². The van der Waals surface area contributed by atoms with Gasteiger partial charge in [-0.3, -0.25) is 4.21 Å². The molecule has 0 saturated carbocycles. The zero-order valence-electron chi connectivity index (χ0n) is 12.8. The van der Waals surface area contributed by atoms with E-state index in [1.54, 1.807) is 24.5 Å². The van der Waals surface area contributed by atoms with E-state index in [1.807, 2.05) is 13.0 Å². The van der Waals surface area contributed by atoms with Gasteiger partial charge < -0.3 is 5.32 Å². The second-order valence-corrected chi connectivity index (χ2v) is 8.24. The summed E-state index contributed by atoms with van der Waals surface area (Å²) in [5.74, 6) is 0.313. The maximum Gasteiger partial charge on any atom is 0.240 e. The third-order valence-electron chi connectivity index (χ3n) is 3.05. The van der Waals surface area contributed by atoms with E-state index >= 15 is 0 Å². The molecule has 1 aromatic rings. The summed E-state index contributed by atoms with van der Waals surface area (Å²) < 4.78 is 37.8. The van der Waals surface area contributed by atoms with E-state index in [9.17, 15) is 12.6 Å². The number of hydrogen-bond acceptors (Lipinski definition) is 4. The highest BCUT2D eigenvalue weighted by Gasteiger charge is 2.15. The van der Waals surface area contributed by atoms with Crippen LogP contribution in [0.5, 0.6) is 0 Å². The Bertz CT molecular complexity index is 573. The molecular weight excluding hydrogens is 308 g/mol. The molecule has 0 aliphatic carbocycles. The second-order valence-electron chi connectivity index (χ2n) is 4.92. The third kappa shape index (κ3) is 6.25. The first-order valence-corrected chi connectivity index (χ1v) is 10.2. The molecule has 120 valence electrons. The van der Waals surface area contributed by atoms with Gasteiger partial charge in [-0.05, 0) is 37.6 Å². The molecule has 0 amide bonds. The maximum atomic E-state index is 12.2. The van der Waals surface area contributed by atoms with Crippen LogP contribution in [0, 0.1) is 0 Å². The monoisotopic (exact) mass is 332 g/mol. The zero-order chi connectivity index (χ0) is 15.9. The van der Waals surface area contributed by atoms with E-state index < -0.39 is 20.8 Å². The molecule has 2 atom stereocenters. The van der Waals surface area contributed by atoms with Crippen LogP contribution >= 0.6 is 0 Å². The van der Waals surface area contributed by atoms with Gasteiger partial charge in [0.25, 0.3) is 0 Å². The van der Waals surface area contributed by atoms with E-state index in [4.69, 9.17) is 0 Å². The number of nitrogens with one attached hydrogen (secondary N) is 2. The molecule has 0 fully saturated rings. The minimum atomic E-state index is -3.54. The summed E-state index contributed by atoms with van der Waals surface area (Å²) in [5, 5.41) is 3.33. The Hall–Kier alpha value is -0.760. The van der Waals surface area contributed by atoms with Crippen molar-refractivity contribution in [1.82, 2.24) is 10.0 Å². The fourth-order valence-electron chi connectivity index (χ4n) is 1.83. The van der Waals surface area contributed by atoms with Crippen molar-refractivity contribution in [2.24, 2.45) is 0 Å². The van der Waals surface area contributed by atoms with Gasteiger partial charge in [-0.1, -0.05) is 19.1 Å². The predicted octanol–water partition coefficient (Wildman–Crippen LogP) is 1.40. The van der Waals surface area contributed by atoms with E-state index in [1.165, 1.54) is 0 Å². The van der Waals surface area contributed by atoms with Gasteiger partial charge in [-0.25, -0.2) is 13.1 Å². The SMILES string of the molecule is CCCNC(C)c1cccc(S(=O)(=O)NCCS(C)=O)c1. The van der Waals surface area contributed by atoms with Gasteiger partial charge in [0.15, 0.2) is 0 Å². The Morgan fingerprint density at radius 3 is 2.62 bits per heavy atom. The van der Waals surface area contributed by atoms with Crippen molar-refractivity contribution >= 4 is 20.8 Å². The first-order chi connectivity index (χ1) is 9.86. The fourth-order valence-corrected chi connectivity index (χ4v) is 3.44. The van der Waals surface area contributed by atoms with Gasteiger partial charge >= 0.3 is 0 Å². The molecule has 0 radical (unpaired) electrons. The van der Waals surface area contributed by atoms with E-state index in [2.05, 4.69) is 17.0 Å². The second kappa shape index (κ2) is 8.63. The molecule has 1 rings (SSSR count). The molecule has 0 saturated heterocycles. The van der Waals surface area contributed by atoms with Crippen molar-refractivity contribution in [1.29, 1.82) is 0 Å². The molecule has 2 unspecified atom stereocenters. The largest absolute Gasteiger partial charge is 0.310 e. The molecule has 0 aliphatic heterocycles. The number of rotatable bonds is 9. The molecule has 0 bridgehead atoms. The van der Waals surface area contributed by atoms with Crippen LogP contribution in [0.2, 0.25) is 0 Å². The van der Waals surface area contributed by atoms with Gasteiger partial charge in [-0.2, -0.15) is 0 Å². The number of hydrogen-bond donors (Lipinski definition) is 2. The molecule has 0 aromatic heterocycles. The minimum absolute atomic E-state index is 0.100. The van der Waals surface area contributed by atoms with Gasteiger partial charge in [-0.15, -0.1) is 0 Å². The highest BCUT2D eigenvalue weighted by Crippen LogP contribution is 2.17. The van der Waals surface area contributed by atoms with Gasteiger partial charge in [0.05, 0.1) is 4.90 Å². The Kier molecular flexibility index (Phi) is 7.51. The van der Waals surface area contributed by atoms with Gasteiger partial charge in [0, 0.05) is 35.4 Å². The van der Waals surface area contributed by atoms with Crippen LogP contribution in [0.1, 0.15) is 31.9 Å². The number of benzene rings is 1. The molecule has 2 N–H and O–H groups in total. The van der Waals surface area contributed by atoms with Gasteiger partial charge in [0.2, 0.25) is 10.0 Å². The first kappa shape index (κ1) is 18.3. The summed E-state index contributed by atoms with van der Waals surface area (Å²) in [5.41, 5.74) is 0.936. The van der Waals surface area contributed by atoms with Crippen LogP contribution in [0.4, 0.5) is 0 Å². The average molecular weight is 332 g/mol. The Balaban J connectivity index is 2.80. The van der Waals surface area contributed by atoms with Crippen LogP contribution in [0.15, 0.2) is 29.2 Å². The summed E-state index contributed by atoms with van der Waals surface area (Å²) in [4.78, 5) is 0.243. The lowest BCUT2D eigenvalue weighted by molar-refractivity contribution is 0.567. The van der Waals surface area contributed by atoms with Crippen LogP contribution in [-0.4, -0.2) is 37.7 Å². The molecule has 7 heteroatoms. The fraction of sp³-hybridized carbons (Fsp3) is 0.571. The van der Waals surface area contributed by atoms with Crippen molar-refractivity contribution in [3.8, 4) is 0 Å². The van der Waals surface area contributed by atoms with Crippen LogP contribution in [0.3, 0.4) is 0 Å². The van der Waals surface area contributed by atoms with Crippen molar-refractivity contribution in [2.45, 2.75) is 31.2 Å². The highest BCUT2D eigenvalue weighted by atomic mass is 32.2. The van der Waals surface area contributed by atoms with Crippen molar-refractivity contribution < 1.29 is 12.6 Å². The van der Waals surface area contributed by atoms with Crippen molar-refractivity contribution in [2.75, 3.05) is 25.1 Å². The van der Waals surface area contributed by atoms with Gasteiger partial charge in [0.1, 0.15) is 0 Å². The van der Waals surface area contributed by atoms with E-state index in [0.29, 0.717) is 5.75 Å². The Morgan fingerprint density at radius 2 is 2.00 bits per heavy atom. The molecule has 0 aliphatic rings.